The first-order valence-electron chi connectivity index (χ1n) is 8.11. The van der Waals surface area contributed by atoms with Gasteiger partial charge in [-0.15, -0.1) is 0 Å². The average molecular weight is 395 g/mol. The number of urea groups is 1. The van der Waals surface area contributed by atoms with Crippen molar-refractivity contribution in [1.82, 2.24) is 9.62 Å². The van der Waals surface area contributed by atoms with Gasteiger partial charge in [-0.25, -0.2) is 17.9 Å². The summed E-state index contributed by atoms with van der Waals surface area (Å²) in [7, 11) is -3.92. The van der Waals surface area contributed by atoms with Crippen LogP contribution >= 0.6 is 11.6 Å². The van der Waals surface area contributed by atoms with Crippen LogP contribution in [0.15, 0.2) is 53.4 Å². The molecule has 1 atom stereocenters. The highest BCUT2D eigenvalue weighted by Crippen LogP contribution is 2.28. The zero-order valence-corrected chi connectivity index (χ0v) is 15.8. The second kappa shape index (κ2) is 7.65. The lowest BCUT2D eigenvalue weighted by Gasteiger charge is -2.33. The summed E-state index contributed by atoms with van der Waals surface area (Å²) in [4.78, 5) is 13.9. The number of carbonyl (C=O) groups is 1. The van der Waals surface area contributed by atoms with E-state index in [1.807, 2.05) is 25.1 Å². The van der Waals surface area contributed by atoms with Crippen LogP contribution in [-0.4, -0.2) is 39.0 Å². The van der Waals surface area contributed by atoms with Crippen molar-refractivity contribution in [2.24, 2.45) is 0 Å². The number of carbonyl (C=O) groups excluding carboxylic acids is 1. The summed E-state index contributed by atoms with van der Waals surface area (Å²) in [6.07, 6.45) is -0.398. The van der Waals surface area contributed by atoms with Crippen LogP contribution < -0.4 is 4.72 Å². The van der Waals surface area contributed by atoms with Gasteiger partial charge in [0, 0.05) is 17.1 Å². The van der Waals surface area contributed by atoms with Crippen molar-refractivity contribution < 1.29 is 17.9 Å². The summed E-state index contributed by atoms with van der Waals surface area (Å²) in [6, 6.07) is 12.9. The molecule has 1 aliphatic rings. The maximum Gasteiger partial charge on any atom is 0.331 e. The number of nitrogens with zero attached hydrogens (tertiary/aromatic N) is 1. The molecule has 0 aromatic heterocycles. The van der Waals surface area contributed by atoms with Gasteiger partial charge < -0.3 is 9.64 Å². The van der Waals surface area contributed by atoms with E-state index in [0.717, 1.165) is 11.1 Å². The number of hydrogen-bond acceptors (Lipinski definition) is 4. The molecular weight excluding hydrogens is 376 g/mol. The first kappa shape index (κ1) is 18.7. The number of hydrogen-bond donors (Lipinski definition) is 1. The van der Waals surface area contributed by atoms with Crippen molar-refractivity contribution in [3.63, 3.8) is 0 Å². The molecule has 0 bridgehead atoms. The van der Waals surface area contributed by atoms with E-state index in [-0.39, 0.29) is 11.4 Å². The first-order valence-corrected chi connectivity index (χ1v) is 9.97. The summed E-state index contributed by atoms with van der Waals surface area (Å²) in [5, 5.41) is 0.548. The largest absolute Gasteiger partial charge is 0.370 e. The van der Waals surface area contributed by atoms with E-state index in [9.17, 15) is 13.2 Å². The highest BCUT2D eigenvalue weighted by atomic mass is 35.5. The fourth-order valence-electron chi connectivity index (χ4n) is 2.71. The zero-order valence-electron chi connectivity index (χ0n) is 14.2. The molecule has 0 aliphatic carbocycles. The van der Waals surface area contributed by atoms with E-state index in [2.05, 4.69) is 4.72 Å². The van der Waals surface area contributed by atoms with E-state index < -0.39 is 22.2 Å². The molecule has 1 N–H and O–H groups in total. The van der Waals surface area contributed by atoms with Crippen molar-refractivity contribution in [2.45, 2.75) is 17.9 Å². The van der Waals surface area contributed by atoms with Gasteiger partial charge in [-0.1, -0.05) is 47.5 Å². The van der Waals surface area contributed by atoms with Crippen LogP contribution in [0.5, 0.6) is 0 Å². The van der Waals surface area contributed by atoms with Crippen molar-refractivity contribution in [3.05, 3.63) is 64.7 Å². The molecular formula is C18H19ClN2O4S. The zero-order chi connectivity index (χ0) is 18.7. The van der Waals surface area contributed by atoms with E-state index in [1.54, 1.807) is 18.2 Å². The Labute approximate surface area is 157 Å². The predicted molar refractivity (Wildman–Crippen MR) is 98.6 cm³/mol. The third-order valence-corrected chi connectivity index (χ3v) is 5.84. The minimum absolute atomic E-state index is 0.0485. The van der Waals surface area contributed by atoms with Crippen LogP contribution in [0.1, 0.15) is 17.2 Å². The molecule has 1 heterocycles. The topological polar surface area (TPSA) is 75.7 Å². The summed E-state index contributed by atoms with van der Waals surface area (Å²) in [6.45, 7) is 2.68. The van der Waals surface area contributed by atoms with Gasteiger partial charge in [-0.05, 0) is 25.1 Å². The number of morpholine rings is 1. The van der Waals surface area contributed by atoms with Crippen LogP contribution in [0.25, 0.3) is 0 Å². The summed E-state index contributed by atoms with van der Waals surface area (Å²) in [5.41, 5.74) is 1.71. The Morgan fingerprint density at radius 3 is 2.58 bits per heavy atom. The molecule has 8 heteroatoms. The van der Waals surface area contributed by atoms with E-state index in [4.69, 9.17) is 16.3 Å². The van der Waals surface area contributed by atoms with E-state index >= 15 is 0 Å². The molecule has 0 saturated carbocycles. The molecule has 26 heavy (non-hydrogen) atoms. The smallest absolute Gasteiger partial charge is 0.331 e. The molecule has 6 nitrogen and oxygen atoms in total. The summed E-state index contributed by atoms with van der Waals surface area (Å²) in [5.74, 6) is 0. The van der Waals surface area contributed by atoms with Gasteiger partial charge >= 0.3 is 6.03 Å². The Kier molecular flexibility index (Phi) is 5.50. The van der Waals surface area contributed by atoms with Crippen LogP contribution in [0.3, 0.4) is 0 Å². The summed E-state index contributed by atoms with van der Waals surface area (Å²) < 4.78 is 32.6. The molecule has 1 aliphatic heterocycles. The van der Waals surface area contributed by atoms with Crippen molar-refractivity contribution in [1.29, 1.82) is 0 Å². The number of rotatable bonds is 3. The number of nitrogens with one attached hydrogen (secondary N) is 1. The second-order valence-corrected chi connectivity index (χ2v) is 8.14. The summed E-state index contributed by atoms with van der Waals surface area (Å²) >= 11 is 6.19. The van der Waals surface area contributed by atoms with Crippen molar-refractivity contribution >= 4 is 27.7 Å². The van der Waals surface area contributed by atoms with Gasteiger partial charge in [0.2, 0.25) is 0 Å². The van der Waals surface area contributed by atoms with Crippen LogP contribution in [0.2, 0.25) is 5.02 Å². The SMILES string of the molecule is Cc1ccc(S(=O)(=O)NC(=O)N2CCOC(c3ccccc3Cl)C2)cc1. The number of amides is 2. The minimum Gasteiger partial charge on any atom is -0.370 e. The highest BCUT2D eigenvalue weighted by Gasteiger charge is 2.29. The Morgan fingerprint density at radius 2 is 1.88 bits per heavy atom. The molecule has 1 unspecified atom stereocenters. The van der Waals surface area contributed by atoms with Gasteiger partial charge in [-0.3, -0.25) is 0 Å². The normalized spacial score (nSPS) is 17.8. The first-order chi connectivity index (χ1) is 12.4. The Hall–Kier alpha value is -2.09. The second-order valence-electron chi connectivity index (χ2n) is 6.05. The fraction of sp³-hybridized carbons (Fsp3) is 0.278. The number of halogens is 1. The predicted octanol–water partition coefficient (Wildman–Crippen LogP) is 3.12. The van der Waals surface area contributed by atoms with Crippen LogP contribution in [0, 0.1) is 6.92 Å². The van der Waals surface area contributed by atoms with Gasteiger partial charge in [0.05, 0.1) is 18.0 Å². The third-order valence-electron chi connectivity index (χ3n) is 4.16. The molecule has 0 spiro atoms. The van der Waals surface area contributed by atoms with Crippen molar-refractivity contribution in [2.75, 3.05) is 19.7 Å². The highest BCUT2D eigenvalue weighted by molar-refractivity contribution is 7.90. The lowest BCUT2D eigenvalue weighted by Crippen LogP contribution is -2.48. The monoisotopic (exact) mass is 394 g/mol. The molecule has 2 aromatic rings. The van der Waals surface area contributed by atoms with E-state index in [0.29, 0.717) is 18.2 Å². The van der Waals surface area contributed by atoms with Gasteiger partial charge in [-0.2, -0.15) is 0 Å². The molecule has 0 radical (unpaired) electrons. The maximum absolute atomic E-state index is 12.5. The molecule has 1 fully saturated rings. The van der Waals surface area contributed by atoms with Gasteiger partial charge in [0.1, 0.15) is 6.10 Å². The van der Waals surface area contributed by atoms with Crippen LogP contribution in [0.4, 0.5) is 4.79 Å². The molecule has 138 valence electrons. The number of ether oxygens (including phenoxy) is 1. The fourth-order valence-corrected chi connectivity index (χ4v) is 3.94. The quantitative estimate of drug-likeness (QED) is 0.867. The molecule has 1 saturated heterocycles. The van der Waals surface area contributed by atoms with Gasteiger partial charge in [0.25, 0.3) is 10.0 Å². The van der Waals surface area contributed by atoms with Crippen molar-refractivity contribution in [3.8, 4) is 0 Å². The Morgan fingerprint density at radius 1 is 1.19 bits per heavy atom. The molecule has 2 aromatic carbocycles. The van der Waals surface area contributed by atoms with Crippen LogP contribution in [-0.2, 0) is 14.8 Å². The number of sulfonamides is 1. The number of aryl methyl sites for hydroxylation is 1. The number of benzene rings is 2. The standard InChI is InChI=1S/C18H19ClN2O4S/c1-13-6-8-14(9-7-13)26(23,24)20-18(22)21-10-11-25-17(12-21)15-4-2-3-5-16(15)19/h2-9,17H,10-12H2,1H3,(H,20,22). The Bertz CT molecular complexity index is 900. The maximum atomic E-state index is 12.5. The minimum atomic E-state index is -3.92. The van der Waals surface area contributed by atoms with E-state index in [1.165, 1.54) is 17.0 Å². The Balaban J connectivity index is 1.71. The molecule has 2 amide bonds. The van der Waals surface area contributed by atoms with Gasteiger partial charge in [0.15, 0.2) is 0 Å². The average Bonchev–Trinajstić information content (AvgIpc) is 2.62. The lowest BCUT2D eigenvalue weighted by atomic mass is 10.1. The third kappa shape index (κ3) is 4.17. The lowest BCUT2D eigenvalue weighted by molar-refractivity contribution is -0.0146. The molecule has 3 rings (SSSR count).